The number of nitrogens with one attached hydrogen (secondary N) is 2. The van der Waals surface area contributed by atoms with Gasteiger partial charge in [0.1, 0.15) is 11.6 Å². The first kappa shape index (κ1) is 23.1. The van der Waals surface area contributed by atoms with Crippen molar-refractivity contribution in [3.8, 4) is 0 Å². The predicted molar refractivity (Wildman–Crippen MR) is 112 cm³/mol. The van der Waals surface area contributed by atoms with Gasteiger partial charge >= 0.3 is 0 Å². The number of rotatable bonds is 11. The van der Waals surface area contributed by atoms with E-state index >= 15 is 0 Å². The molecule has 1 unspecified atom stereocenters. The zero-order valence-corrected chi connectivity index (χ0v) is 17.9. The highest BCUT2D eigenvalue weighted by atomic mass is 31.2. The Morgan fingerprint density at radius 1 is 1.41 bits per heavy atom. The van der Waals surface area contributed by atoms with Crippen molar-refractivity contribution in [2.24, 2.45) is 0 Å². The maximum atomic E-state index is 14.3. The summed E-state index contributed by atoms with van der Waals surface area (Å²) in [6.45, 7) is 3.44. The molecular formula is C20H29FN3O4P. The van der Waals surface area contributed by atoms with Crippen LogP contribution in [0.4, 0.5) is 10.1 Å². The van der Waals surface area contributed by atoms with Crippen molar-refractivity contribution >= 4 is 19.6 Å². The highest BCUT2D eigenvalue weighted by molar-refractivity contribution is 7.58. The van der Waals surface area contributed by atoms with Gasteiger partial charge in [-0.25, -0.2) is 4.39 Å². The quantitative estimate of drug-likeness (QED) is 0.246. The van der Waals surface area contributed by atoms with Crippen molar-refractivity contribution in [2.75, 3.05) is 19.0 Å². The molecule has 0 radical (unpaired) electrons. The molecule has 4 N–H and O–H groups in total. The zero-order chi connectivity index (χ0) is 21.7. The summed E-state index contributed by atoms with van der Waals surface area (Å²) in [4.78, 5) is 23.4. The van der Waals surface area contributed by atoms with Crippen LogP contribution in [0.1, 0.15) is 38.2 Å². The third-order valence-electron chi connectivity index (χ3n) is 5.02. The van der Waals surface area contributed by atoms with Crippen LogP contribution in [0.3, 0.4) is 0 Å². The average Bonchev–Trinajstić information content (AvgIpc) is 3.46. The summed E-state index contributed by atoms with van der Waals surface area (Å²) in [6.07, 6.45) is 5.75. The fourth-order valence-electron chi connectivity index (χ4n) is 3.12. The molecule has 29 heavy (non-hydrogen) atoms. The second kappa shape index (κ2) is 9.57. The third kappa shape index (κ3) is 5.47. The molecule has 2 rings (SSSR count). The van der Waals surface area contributed by atoms with Crippen LogP contribution in [0.25, 0.3) is 0 Å². The van der Waals surface area contributed by atoms with Gasteiger partial charge in [-0.1, -0.05) is 12.1 Å². The van der Waals surface area contributed by atoms with Crippen LogP contribution in [0.5, 0.6) is 0 Å². The molecular weight excluding hydrogens is 396 g/mol. The number of halogens is 1. The minimum Gasteiger partial charge on any atom is -0.396 e. The van der Waals surface area contributed by atoms with Crippen molar-refractivity contribution in [1.82, 2.24) is 9.99 Å². The Balaban J connectivity index is 2.43. The molecule has 1 atom stereocenters. The molecule has 1 aliphatic rings. The Bertz CT molecular complexity index is 852. The van der Waals surface area contributed by atoms with Crippen LogP contribution >= 0.6 is 7.52 Å². The summed E-state index contributed by atoms with van der Waals surface area (Å²) in [7, 11) is -2.41. The van der Waals surface area contributed by atoms with E-state index in [1.807, 2.05) is 0 Å². The lowest BCUT2D eigenvalue weighted by atomic mass is 10.2. The van der Waals surface area contributed by atoms with E-state index in [1.165, 1.54) is 18.0 Å². The first-order valence-corrected chi connectivity index (χ1v) is 11.2. The topological polar surface area (TPSA) is 102 Å². The molecule has 160 valence electrons. The van der Waals surface area contributed by atoms with Gasteiger partial charge in [0, 0.05) is 13.7 Å². The number of aliphatic hydroxyl groups excluding tert-OH is 1. The minimum absolute atomic E-state index is 0.0489. The summed E-state index contributed by atoms with van der Waals surface area (Å²) in [5, 5.41) is 13.9. The van der Waals surface area contributed by atoms with Gasteiger partial charge in [-0.3, -0.25) is 9.36 Å². The molecule has 0 spiro atoms. The molecule has 7 nitrogen and oxygen atoms in total. The Labute approximate surface area is 170 Å². The third-order valence-corrected chi connectivity index (χ3v) is 7.52. The van der Waals surface area contributed by atoms with Gasteiger partial charge in [0.05, 0.1) is 16.5 Å². The van der Waals surface area contributed by atoms with Crippen molar-refractivity contribution in [2.45, 2.75) is 44.7 Å². The lowest BCUT2D eigenvalue weighted by Gasteiger charge is -2.27. The Hall–Kier alpha value is -2.15. The Morgan fingerprint density at radius 2 is 2.10 bits per heavy atom. The first-order chi connectivity index (χ1) is 13.7. The molecule has 1 aliphatic carbocycles. The lowest BCUT2D eigenvalue weighted by molar-refractivity contribution is -0.115. The van der Waals surface area contributed by atoms with Crippen molar-refractivity contribution in [3.63, 3.8) is 0 Å². The standard InChI is InChI=1S/C20H29FN3O4P/c1-4-6-18(23-29(27,28)20(10-11-20)9-5-12-25)19(24(3)14-26)22-17-8-7-15(2)13-16(17)21/h4,6-8,13-14,22,25H,5,9-12H2,1-3H3,(H2,23,27,28)/b6-4-,19-18+. The van der Waals surface area contributed by atoms with Crippen LogP contribution in [0, 0.1) is 12.7 Å². The van der Waals surface area contributed by atoms with E-state index in [0.29, 0.717) is 32.1 Å². The summed E-state index contributed by atoms with van der Waals surface area (Å²) >= 11 is 0. The van der Waals surface area contributed by atoms with Crippen molar-refractivity contribution in [1.29, 1.82) is 0 Å². The molecule has 1 fully saturated rings. The number of amides is 1. The Kier molecular flexibility index (Phi) is 7.63. The SMILES string of the molecule is C/C=C\C(NP(=O)(O)C1(CCCO)CC1)=C(\Nc1ccc(C)cc1F)N(C)C=O. The van der Waals surface area contributed by atoms with Crippen LogP contribution in [0.15, 0.2) is 41.9 Å². The van der Waals surface area contributed by atoms with E-state index in [4.69, 9.17) is 5.11 Å². The molecule has 0 heterocycles. The van der Waals surface area contributed by atoms with Crippen LogP contribution in [-0.2, 0) is 9.36 Å². The van der Waals surface area contributed by atoms with Crippen LogP contribution in [0.2, 0.25) is 0 Å². The smallest absolute Gasteiger partial charge is 0.297 e. The second-order valence-corrected chi connectivity index (χ2v) is 9.65. The van der Waals surface area contributed by atoms with E-state index in [-0.39, 0.29) is 23.8 Å². The van der Waals surface area contributed by atoms with Gasteiger partial charge in [-0.05, 0) is 63.3 Å². The van der Waals surface area contributed by atoms with E-state index in [1.54, 1.807) is 38.1 Å². The fraction of sp³-hybridized carbons (Fsp3) is 0.450. The maximum Gasteiger partial charge on any atom is 0.297 e. The number of carbonyl (C=O) groups excluding carboxylic acids is 1. The number of benzene rings is 1. The largest absolute Gasteiger partial charge is 0.396 e. The zero-order valence-electron chi connectivity index (χ0n) is 17.0. The van der Waals surface area contributed by atoms with Crippen LogP contribution < -0.4 is 10.4 Å². The summed E-state index contributed by atoms with van der Waals surface area (Å²) in [5.74, 6) is -0.358. The number of allylic oxidation sites excluding steroid dienone is 2. The predicted octanol–water partition coefficient (Wildman–Crippen LogP) is 3.46. The Morgan fingerprint density at radius 3 is 2.62 bits per heavy atom. The highest BCUT2D eigenvalue weighted by Gasteiger charge is 2.57. The molecule has 0 aliphatic heterocycles. The number of nitrogens with zero attached hydrogens (tertiary/aromatic N) is 1. The maximum absolute atomic E-state index is 14.3. The minimum atomic E-state index is -3.87. The lowest BCUT2D eigenvalue weighted by Crippen LogP contribution is -2.29. The molecule has 1 aromatic rings. The van der Waals surface area contributed by atoms with Gasteiger partial charge in [0.25, 0.3) is 7.52 Å². The number of carbonyl (C=O) groups is 1. The number of aryl methyl sites for hydroxylation is 1. The van der Waals surface area contributed by atoms with Crippen molar-refractivity contribution in [3.05, 3.63) is 53.2 Å². The summed E-state index contributed by atoms with van der Waals surface area (Å²) < 4.78 is 27.5. The molecule has 0 saturated heterocycles. The van der Waals surface area contributed by atoms with Gasteiger partial charge in [-0.2, -0.15) is 0 Å². The van der Waals surface area contributed by atoms with E-state index in [2.05, 4.69) is 10.4 Å². The fourth-order valence-corrected chi connectivity index (χ4v) is 5.05. The average molecular weight is 425 g/mol. The normalized spacial score (nSPS) is 18.0. The van der Waals surface area contributed by atoms with Gasteiger partial charge in [0.15, 0.2) is 0 Å². The molecule has 1 aromatic carbocycles. The molecule has 9 heteroatoms. The summed E-state index contributed by atoms with van der Waals surface area (Å²) in [5.41, 5.74) is 1.08. The van der Waals surface area contributed by atoms with Gasteiger partial charge in [-0.15, -0.1) is 0 Å². The second-order valence-electron chi connectivity index (χ2n) is 7.33. The van der Waals surface area contributed by atoms with Crippen molar-refractivity contribution < 1.29 is 23.7 Å². The number of aliphatic hydroxyl groups is 1. The van der Waals surface area contributed by atoms with E-state index in [0.717, 1.165) is 5.56 Å². The van der Waals surface area contributed by atoms with E-state index < -0.39 is 18.5 Å². The molecule has 1 saturated carbocycles. The molecule has 1 amide bonds. The molecule has 0 bridgehead atoms. The first-order valence-electron chi connectivity index (χ1n) is 9.50. The number of hydrogen-bond donors (Lipinski definition) is 4. The monoisotopic (exact) mass is 425 g/mol. The van der Waals surface area contributed by atoms with Gasteiger partial charge < -0.3 is 25.3 Å². The highest BCUT2D eigenvalue weighted by Crippen LogP contribution is 2.67. The summed E-state index contributed by atoms with van der Waals surface area (Å²) in [6, 6.07) is 4.62. The van der Waals surface area contributed by atoms with E-state index in [9.17, 15) is 18.6 Å². The van der Waals surface area contributed by atoms with Gasteiger partial charge in [0.2, 0.25) is 6.41 Å². The molecule has 0 aromatic heterocycles. The number of anilines is 1. The number of hydrogen-bond acceptors (Lipinski definition) is 4. The van der Waals surface area contributed by atoms with Crippen LogP contribution in [-0.4, -0.2) is 40.1 Å².